The molecule has 26 heavy (non-hydrogen) atoms. The van der Waals surface area contributed by atoms with Gasteiger partial charge in [0.2, 0.25) is 0 Å². The van der Waals surface area contributed by atoms with E-state index in [1.165, 1.54) is 31.4 Å². The van der Waals surface area contributed by atoms with Crippen LogP contribution in [0.2, 0.25) is 5.02 Å². The van der Waals surface area contributed by atoms with Crippen LogP contribution in [-0.2, 0) is 19.5 Å². The summed E-state index contributed by atoms with van der Waals surface area (Å²) in [6, 6.07) is 4.46. The molecule has 4 nitrogen and oxygen atoms in total. The minimum absolute atomic E-state index is 0.00882. The van der Waals surface area contributed by atoms with E-state index in [2.05, 4.69) is 9.88 Å². The van der Waals surface area contributed by atoms with Gasteiger partial charge in [-0.15, -0.1) is 0 Å². The standard InChI is InChI=1S/C20H23ClFN3O/c21-17-10-15(22)7-6-14(17)11-25-9-8-18-16(12-25)20(26)24-19(23-18)13-4-2-1-3-5-13/h6-7,10,13H,1-5,8-9,11-12H2,(H,23,24,26). The Morgan fingerprint density at radius 1 is 1.27 bits per heavy atom. The summed E-state index contributed by atoms with van der Waals surface area (Å²) < 4.78 is 13.2. The van der Waals surface area contributed by atoms with E-state index in [0.717, 1.165) is 48.5 Å². The van der Waals surface area contributed by atoms with Crippen LogP contribution in [0.15, 0.2) is 23.0 Å². The molecule has 138 valence electrons. The molecule has 6 heteroatoms. The molecule has 0 spiro atoms. The Morgan fingerprint density at radius 2 is 2.08 bits per heavy atom. The number of fused-ring (bicyclic) bond motifs is 1. The first-order valence-corrected chi connectivity index (χ1v) is 9.76. The quantitative estimate of drug-likeness (QED) is 0.875. The van der Waals surface area contributed by atoms with Crippen molar-refractivity contribution in [3.05, 3.63) is 62.0 Å². The van der Waals surface area contributed by atoms with E-state index < -0.39 is 0 Å². The molecule has 1 aromatic carbocycles. The Morgan fingerprint density at radius 3 is 2.85 bits per heavy atom. The molecule has 1 aromatic heterocycles. The lowest BCUT2D eigenvalue weighted by Crippen LogP contribution is -2.36. The SMILES string of the molecule is O=c1[nH]c(C2CCCCC2)nc2c1CN(Cc1ccc(F)cc1Cl)CC2. The maximum Gasteiger partial charge on any atom is 0.255 e. The van der Waals surface area contributed by atoms with Crippen LogP contribution in [0.4, 0.5) is 4.39 Å². The molecule has 2 aliphatic rings. The van der Waals surface area contributed by atoms with E-state index in [-0.39, 0.29) is 11.4 Å². The fraction of sp³-hybridized carbons (Fsp3) is 0.500. The first kappa shape index (κ1) is 17.7. The number of rotatable bonds is 3. The molecule has 2 aromatic rings. The van der Waals surface area contributed by atoms with Crippen molar-refractivity contribution in [2.24, 2.45) is 0 Å². The Hall–Kier alpha value is -1.72. The maximum atomic E-state index is 13.2. The Kier molecular flexibility index (Phi) is 5.09. The van der Waals surface area contributed by atoms with Crippen molar-refractivity contribution in [3.63, 3.8) is 0 Å². The molecular formula is C20H23ClFN3O. The Bertz CT molecular complexity index is 861. The zero-order valence-electron chi connectivity index (χ0n) is 14.7. The highest BCUT2D eigenvalue weighted by molar-refractivity contribution is 6.31. The summed E-state index contributed by atoms with van der Waals surface area (Å²) in [4.78, 5) is 22.7. The fourth-order valence-corrected chi connectivity index (χ4v) is 4.32. The van der Waals surface area contributed by atoms with Gasteiger partial charge in [0, 0.05) is 37.0 Å². The second-order valence-electron chi connectivity index (χ2n) is 7.41. The Balaban J connectivity index is 1.52. The Labute approximate surface area is 157 Å². The number of aromatic nitrogens is 2. The molecule has 0 amide bonds. The number of aromatic amines is 1. The van der Waals surface area contributed by atoms with Crippen molar-refractivity contribution in [2.75, 3.05) is 6.54 Å². The van der Waals surface area contributed by atoms with Crippen LogP contribution >= 0.6 is 11.6 Å². The third-order valence-electron chi connectivity index (χ3n) is 5.57. The molecule has 1 aliphatic heterocycles. The summed E-state index contributed by atoms with van der Waals surface area (Å²) in [5.41, 5.74) is 2.56. The van der Waals surface area contributed by atoms with Crippen molar-refractivity contribution in [2.45, 2.75) is 57.5 Å². The van der Waals surface area contributed by atoms with Gasteiger partial charge in [-0.05, 0) is 30.5 Å². The van der Waals surface area contributed by atoms with Gasteiger partial charge >= 0.3 is 0 Å². The number of nitrogens with one attached hydrogen (secondary N) is 1. The highest BCUT2D eigenvalue weighted by atomic mass is 35.5. The molecular weight excluding hydrogens is 353 g/mol. The fourth-order valence-electron chi connectivity index (χ4n) is 4.10. The highest BCUT2D eigenvalue weighted by Crippen LogP contribution is 2.31. The summed E-state index contributed by atoms with van der Waals surface area (Å²) in [6.45, 7) is 1.97. The van der Waals surface area contributed by atoms with E-state index in [9.17, 15) is 9.18 Å². The molecule has 0 unspecified atom stereocenters. The van der Waals surface area contributed by atoms with Gasteiger partial charge in [0.05, 0.1) is 11.3 Å². The lowest BCUT2D eigenvalue weighted by molar-refractivity contribution is 0.241. The number of hydrogen-bond acceptors (Lipinski definition) is 3. The average molecular weight is 376 g/mol. The normalized spacial score (nSPS) is 18.7. The van der Waals surface area contributed by atoms with Gasteiger partial charge in [0.25, 0.3) is 5.56 Å². The molecule has 0 radical (unpaired) electrons. The van der Waals surface area contributed by atoms with Gasteiger partial charge in [0.15, 0.2) is 0 Å². The highest BCUT2D eigenvalue weighted by Gasteiger charge is 2.24. The lowest BCUT2D eigenvalue weighted by Gasteiger charge is -2.29. The van der Waals surface area contributed by atoms with Gasteiger partial charge in [-0.2, -0.15) is 0 Å². The third-order valence-corrected chi connectivity index (χ3v) is 5.92. The molecule has 2 heterocycles. The van der Waals surface area contributed by atoms with Crippen LogP contribution in [0, 0.1) is 5.82 Å². The summed E-state index contributed by atoms with van der Waals surface area (Å²) in [6.07, 6.45) is 6.73. The summed E-state index contributed by atoms with van der Waals surface area (Å²) in [5, 5.41) is 0.426. The number of H-pyrrole nitrogens is 1. The van der Waals surface area contributed by atoms with Gasteiger partial charge in [-0.1, -0.05) is 36.9 Å². The van der Waals surface area contributed by atoms with Crippen LogP contribution in [0.3, 0.4) is 0 Å². The van der Waals surface area contributed by atoms with Crippen LogP contribution in [0.25, 0.3) is 0 Å². The zero-order chi connectivity index (χ0) is 18.1. The lowest BCUT2D eigenvalue weighted by atomic mass is 9.88. The second kappa shape index (κ2) is 7.49. The van der Waals surface area contributed by atoms with Crippen molar-refractivity contribution in [1.29, 1.82) is 0 Å². The zero-order valence-corrected chi connectivity index (χ0v) is 15.5. The number of hydrogen-bond donors (Lipinski definition) is 1. The van der Waals surface area contributed by atoms with Gasteiger partial charge in [-0.25, -0.2) is 9.37 Å². The van der Waals surface area contributed by atoms with Crippen molar-refractivity contribution in [1.82, 2.24) is 14.9 Å². The molecule has 0 saturated heterocycles. The first-order chi connectivity index (χ1) is 12.6. The maximum absolute atomic E-state index is 13.2. The summed E-state index contributed by atoms with van der Waals surface area (Å²) in [7, 11) is 0. The predicted molar refractivity (Wildman–Crippen MR) is 99.9 cm³/mol. The molecule has 4 rings (SSSR count). The van der Waals surface area contributed by atoms with Crippen molar-refractivity contribution < 1.29 is 4.39 Å². The molecule has 1 saturated carbocycles. The van der Waals surface area contributed by atoms with Crippen LogP contribution < -0.4 is 5.56 Å². The van der Waals surface area contributed by atoms with Gasteiger partial charge < -0.3 is 4.98 Å². The molecule has 1 aliphatic carbocycles. The second-order valence-corrected chi connectivity index (χ2v) is 7.81. The van der Waals surface area contributed by atoms with E-state index in [4.69, 9.17) is 16.6 Å². The summed E-state index contributed by atoms with van der Waals surface area (Å²) >= 11 is 6.14. The van der Waals surface area contributed by atoms with Gasteiger partial charge in [-0.3, -0.25) is 9.69 Å². The molecule has 1 N–H and O–H groups in total. The third kappa shape index (κ3) is 3.69. The minimum Gasteiger partial charge on any atom is -0.310 e. The van der Waals surface area contributed by atoms with E-state index in [1.54, 1.807) is 6.07 Å². The molecule has 0 bridgehead atoms. The summed E-state index contributed by atoms with van der Waals surface area (Å²) in [5.74, 6) is 0.944. The van der Waals surface area contributed by atoms with E-state index >= 15 is 0 Å². The monoisotopic (exact) mass is 375 g/mol. The number of nitrogens with zero attached hydrogens (tertiary/aromatic N) is 2. The number of halogens is 2. The van der Waals surface area contributed by atoms with Crippen LogP contribution in [0.5, 0.6) is 0 Å². The smallest absolute Gasteiger partial charge is 0.255 e. The minimum atomic E-state index is -0.335. The number of benzene rings is 1. The first-order valence-electron chi connectivity index (χ1n) is 9.38. The molecule has 1 fully saturated rings. The van der Waals surface area contributed by atoms with Gasteiger partial charge in [0.1, 0.15) is 11.6 Å². The van der Waals surface area contributed by atoms with Crippen LogP contribution in [0.1, 0.15) is 60.7 Å². The largest absolute Gasteiger partial charge is 0.310 e. The topological polar surface area (TPSA) is 49.0 Å². The van der Waals surface area contributed by atoms with Crippen LogP contribution in [-0.4, -0.2) is 21.4 Å². The molecule has 0 atom stereocenters. The average Bonchev–Trinajstić information content (AvgIpc) is 2.65. The van der Waals surface area contributed by atoms with Crippen molar-refractivity contribution in [3.8, 4) is 0 Å². The predicted octanol–water partition coefficient (Wildman–Crippen LogP) is 4.17. The van der Waals surface area contributed by atoms with E-state index in [0.29, 0.717) is 24.0 Å². The van der Waals surface area contributed by atoms with E-state index in [1.807, 2.05) is 0 Å². The van der Waals surface area contributed by atoms with Crippen molar-refractivity contribution >= 4 is 11.6 Å².